The lowest BCUT2D eigenvalue weighted by molar-refractivity contribution is 0.0718. The van der Waals surface area contributed by atoms with Crippen molar-refractivity contribution >= 4 is 29.1 Å². The van der Waals surface area contributed by atoms with Crippen molar-refractivity contribution in [1.82, 2.24) is 20.1 Å². The Morgan fingerprint density at radius 1 is 1.24 bits per heavy atom. The number of carbonyl (C=O) groups excluding carboxylic acids is 1. The van der Waals surface area contributed by atoms with Gasteiger partial charge in [-0.3, -0.25) is 9.89 Å². The van der Waals surface area contributed by atoms with E-state index in [-0.39, 0.29) is 18.2 Å². The molecular formula is C20H16Cl2F2N4O. The van der Waals surface area contributed by atoms with Crippen LogP contribution in [0, 0.1) is 0 Å². The lowest BCUT2D eigenvalue weighted by Gasteiger charge is -2.24. The van der Waals surface area contributed by atoms with Crippen molar-refractivity contribution < 1.29 is 13.6 Å². The van der Waals surface area contributed by atoms with Crippen LogP contribution in [0.25, 0.3) is 11.3 Å². The van der Waals surface area contributed by atoms with E-state index in [0.717, 1.165) is 30.2 Å². The van der Waals surface area contributed by atoms with Crippen LogP contribution in [0.3, 0.4) is 0 Å². The zero-order valence-corrected chi connectivity index (χ0v) is 16.6. The summed E-state index contributed by atoms with van der Waals surface area (Å²) in [6.45, 7) is 0.210. The van der Waals surface area contributed by atoms with Crippen LogP contribution in [0.2, 0.25) is 10.2 Å². The summed E-state index contributed by atoms with van der Waals surface area (Å²) in [6.07, 6.45) is -0.0241. The topological polar surface area (TPSA) is 61.9 Å². The molecule has 5 nitrogen and oxygen atoms in total. The van der Waals surface area contributed by atoms with Crippen molar-refractivity contribution in [2.24, 2.45) is 0 Å². The second kappa shape index (κ2) is 8.08. The number of pyridine rings is 1. The molecule has 1 aromatic carbocycles. The van der Waals surface area contributed by atoms with E-state index in [1.54, 1.807) is 29.2 Å². The van der Waals surface area contributed by atoms with Crippen LogP contribution in [0.1, 0.15) is 40.9 Å². The zero-order valence-electron chi connectivity index (χ0n) is 15.1. The minimum atomic E-state index is -2.81. The number of nitrogens with zero attached hydrogens (tertiary/aromatic N) is 3. The van der Waals surface area contributed by atoms with Gasteiger partial charge in [0, 0.05) is 23.2 Å². The lowest BCUT2D eigenvalue weighted by Crippen LogP contribution is -2.33. The van der Waals surface area contributed by atoms with E-state index in [4.69, 9.17) is 23.2 Å². The molecule has 29 heavy (non-hydrogen) atoms. The molecular weight excluding hydrogens is 421 g/mol. The van der Waals surface area contributed by atoms with Gasteiger partial charge in [-0.05, 0) is 42.7 Å². The smallest absolute Gasteiger partial charge is 0.280 e. The van der Waals surface area contributed by atoms with E-state index < -0.39 is 18.0 Å². The van der Waals surface area contributed by atoms with Crippen LogP contribution in [0.15, 0.2) is 42.6 Å². The monoisotopic (exact) mass is 436 g/mol. The molecule has 1 amide bonds. The molecule has 0 radical (unpaired) electrons. The fourth-order valence-corrected chi connectivity index (χ4v) is 3.58. The van der Waals surface area contributed by atoms with Gasteiger partial charge in [0.2, 0.25) is 0 Å². The molecule has 4 rings (SSSR count). The number of benzene rings is 1. The number of aromatic nitrogens is 3. The fourth-order valence-electron chi connectivity index (χ4n) is 3.23. The van der Waals surface area contributed by atoms with Gasteiger partial charge < -0.3 is 4.90 Å². The second-order valence-electron chi connectivity index (χ2n) is 6.81. The van der Waals surface area contributed by atoms with Gasteiger partial charge in [-0.15, -0.1) is 0 Å². The first-order chi connectivity index (χ1) is 13.9. The largest absolute Gasteiger partial charge is 0.331 e. The van der Waals surface area contributed by atoms with Gasteiger partial charge in [-0.25, -0.2) is 13.8 Å². The van der Waals surface area contributed by atoms with Gasteiger partial charge in [-0.2, -0.15) is 5.10 Å². The highest BCUT2D eigenvalue weighted by Crippen LogP contribution is 2.34. The molecule has 0 spiro atoms. The van der Waals surface area contributed by atoms with Crippen LogP contribution in [-0.2, 0) is 6.54 Å². The third kappa shape index (κ3) is 4.26. The van der Waals surface area contributed by atoms with Crippen LogP contribution in [0.5, 0.6) is 0 Å². The highest BCUT2D eigenvalue weighted by Gasteiger charge is 2.35. The molecule has 1 N–H and O–H groups in total. The Bertz CT molecular complexity index is 1050. The van der Waals surface area contributed by atoms with Crippen LogP contribution >= 0.6 is 23.2 Å². The molecule has 0 unspecified atom stereocenters. The highest BCUT2D eigenvalue weighted by molar-refractivity contribution is 6.30. The summed E-state index contributed by atoms with van der Waals surface area (Å²) < 4.78 is 26.4. The zero-order chi connectivity index (χ0) is 20.5. The maximum atomic E-state index is 13.2. The molecule has 0 bridgehead atoms. The molecule has 1 saturated carbocycles. The van der Waals surface area contributed by atoms with E-state index in [0.29, 0.717) is 15.9 Å². The van der Waals surface area contributed by atoms with E-state index in [1.165, 1.54) is 0 Å². The molecule has 1 aliphatic carbocycles. The Hall–Kier alpha value is -2.51. The molecule has 2 aromatic heterocycles. The van der Waals surface area contributed by atoms with E-state index in [1.807, 2.05) is 12.1 Å². The van der Waals surface area contributed by atoms with Crippen molar-refractivity contribution in [2.45, 2.75) is 31.9 Å². The van der Waals surface area contributed by atoms with Gasteiger partial charge in [0.1, 0.15) is 10.8 Å². The van der Waals surface area contributed by atoms with Crippen molar-refractivity contribution in [2.75, 3.05) is 0 Å². The molecule has 3 aromatic rings. The number of aromatic amines is 1. The number of alkyl halides is 2. The summed E-state index contributed by atoms with van der Waals surface area (Å²) in [5.41, 5.74) is 1.59. The molecule has 1 aliphatic rings. The van der Waals surface area contributed by atoms with Gasteiger partial charge in [-0.1, -0.05) is 35.3 Å². The number of hydrogen-bond acceptors (Lipinski definition) is 3. The molecule has 1 fully saturated rings. The highest BCUT2D eigenvalue weighted by atomic mass is 35.5. The number of nitrogens with one attached hydrogen (secondary N) is 1. The quantitative estimate of drug-likeness (QED) is 0.517. The van der Waals surface area contributed by atoms with Gasteiger partial charge in [0.25, 0.3) is 12.3 Å². The maximum absolute atomic E-state index is 13.2. The molecule has 9 heteroatoms. The van der Waals surface area contributed by atoms with Gasteiger partial charge in [0.05, 0.1) is 17.5 Å². The van der Waals surface area contributed by atoms with E-state index >= 15 is 0 Å². The maximum Gasteiger partial charge on any atom is 0.280 e. The van der Waals surface area contributed by atoms with Crippen LogP contribution in [0.4, 0.5) is 8.78 Å². The Labute approximate surface area is 175 Å². The first kappa shape index (κ1) is 19.8. The lowest BCUT2D eigenvalue weighted by atomic mass is 10.0. The predicted octanol–water partition coefficient (Wildman–Crippen LogP) is 5.52. The molecule has 2 heterocycles. The fraction of sp³-hybridized carbons (Fsp3) is 0.250. The van der Waals surface area contributed by atoms with Crippen molar-refractivity contribution in [3.8, 4) is 11.3 Å². The first-order valence-electron chi connectivity index (χ1n) is 8.98. The molecule has 0 atom stereocenters. The summed E-state index contributed by atoms with van der Waals surface area (Å²) in [7, 11) is 0. The summed E-state index contributed by atoms with van der Waals surface area (Å²) in [5, 5.41) is 6.70. The third-order valence-corrected chi connectivity index (χ3v) is 5.21. The molecule has 0 aliphatic heterocycles. The summed E-state index contributed by atoms with van der Waals surface area (Å²) >= 11 is 12.2. The second-order valence-corrected chi connectivity index (χ2v) is 7.63. The van der Waals surface area contributed by atoms with E-state index in [2.05, 4.69) is 15.2 Å². The summed E-state index contributed by atoms with van der Waals surface area (Å²) in [6, 6.07) is 10.6. The molecule has 0 saturated heterocycles. The Morgan fingerprint density at radius 2 is 2.03 bits per heavy atom. The normalized spacial score (nSPS) is 13.7. The van der Waals surface area contributed by atoms with Crippen LogP contribution < -0.4 is 0 Å². The number of rotatable bonds is 6. The van der Waals surface area contributed by atoms with Crippen molar-refractivity contribution in [1.29, 1.82) is 0 Å². The average molecular weight is 437 g/mol. The number of H-pyrrole nitrogens is 1. The van der Waals surface area contributed by atoms with Gasteiger partial charge >= 0.3 is 0 Å². The minimum absolute atomic E-state index is 0.0120. The summed E-state index contributed by atoms with van der Waals surface area (Å²) in [5.74, 6) is -0.485. The van der Waals surface area contributed by atoms with Crippen molar-refractivity contribution in [3.05, 3.63) is 69.6 Å². The van der Waals surface area contributed by atoms with Gasteiger partial charge in [0.15, 0.2) is 0 Å². The standard InChI is InChI=1S/C20H16Cl2F2N4O/c21-12-4-7-14(16-2-1-3-17(22)26-16)11(8-12)10-28(13-5-6-13)20(29)15-9-25-27-18(15)19(23)24/h1-4,7-9,13,19H,5-6,10H2,(H,25,27). The Balaban J connectivity index is 1.70. The number of carbonyl (C=O) groups is 1. The van der Waals surface area contributed by atoms with Crippen molar-refractivity contribution in [3.63, 3.8) is 0 Å². The SMILES string of the molecule is O=C(c1cn[nH]c1C(F)F)N(Cc1cc(Cl)ccc1-c1cccc(Cl)n1)C1CC1. The van der Waals surface area contributed by atoms with E-state index in [9.17, 15) is 13.6 Å². The Morgan fingerprint density at radius 3 is 2.72 bits per heavy atom. The molecule has 150 valence electrons. The number of halogens is 4. The number of amides is 1. The average Bonchev–Trinajstić information content (AvgIpc) is 3.40. The first-order valence-corrected chi connectivity index (χ1v) is 9.73. The van der Waals surface area contributed by atoms with Crippen LogP contribution in [-0.4, -0.2) is 32.0 Å². The predicted molar refractivity (Wildman–Crippen MR) is 106 cm³/mol. The number of hydrogen-bond donors (Lipinski definition) is 1. The third-order valence-electron chi connectivity index (χ3n) is 4.76. The minimum Gasteiger partial charge on any atom is -0.331 e. The Kier molecular flexibility index (Phi) is 5.52. The summed E-state index contributed by atoms with van der Waals surface area (Å²) in [4.78, 5) is 19.0.